The first kappa shape index (κ1) is 20.1. The van der Waals surface area contributed by atoms with Gasteiger partial charge >= 0.3 is 0 Å². The van der Waals surface area contributed by atoms with Crippen LogP contribution in [0.4, 0.5) is 5.69 Å². The SMILES string of the molecule is CN(C)S(=O)(=O)c1ccc(NC(=O)CSc2ncnn2-c2ccccc2)cc1. The molecule has 10 heteroatoms. The first-order chi connectivity index (χ1) is 13.4. The van der Waals surface area contributed by atoms with Crippen molar-refractivity contribution in [1.29, 1.82) is 0 Å². The number of rotatable bonds is 7. The second-order valence-electron chi connectivity index (χ2n) is 5.94. The molecule has 0 aliphatic carbocycles. The molecule has 0 saturated heterocycles. The van der Waals surface area contributed by atoms with Crippen molar-refractivity contribution in [3.63, 3.8) is 0 Å². The number of hydrogen-bond donors (Lipinski definition) is 1. The van der Waals surface area contributed by atoms with Gasteiger partial charge in [0.05, 0.1) is 16.3 Å². The number of thioether (sulfide) groups is 1. The Kier molecular flexibility index (Phi) is 6.12. The largest absolute Gasteiger partial charge is 0.325 e. The van der Waals surface area contributed by atoms with Gasteiger partial charge in [-0.1, -0.05) is 30.0 Å². The predicted octanol–water partition coefficient (Wildman–Crippen LogP) is 2.25. The Morgan fingerprint density at radius 1 is 1.11 bits per heavy atom. The Morgan fingerprint density at radius 2 is 1.79 bits per heavy atom. The lowest BCUT2D eigenvalue weighted by Crippen LogP contribution is -2.22. The standard InChI is InChI=1S/C18H19N5O3S2/c1-22(2)28(25,26)16-10-8-14(9-11-16)21-17(24)12-27-18-19-13-20-23(18)15-6-4-3-5-7-15/h3-11,13H,12H2,1-2H3,(H,21,24). The number of para-hydroxylation sites is 1. The minimum atomic E-state index is -3.49. The highest BCUT2D eigenvalue weighted by molar-refractivity contribution is 7.99. The zero-order valence-electron chi connectivity index (χ0n) is 15.3. The smallest absolute Gasteiger partial charge is 0.242 e. The molecule has 0 radical (unpaired) electrons. The van der Waals surface area contributed by atoms with Gasteiger partial charge in [0.15, 0.2) is 5.16 Å². The summed E-state index contributed by atoms with van der Waals surface area (Å²) in [6.45, 7) is 0. The summed E-state index contributed by atoms with van der Waals surface area (Å²) in [6, 6.07) is 15.6. The molecule has 0 saturated carbocycles. The first-order valence-electron chi connectivity index (χ1n) is 8.28. The second kappa shape index (κ2) is 8.55. The number of hydrogen-bond acceptors (Lipinski definition) is 6. The fourth-order valence-corrected chi connectivity index (χ4v) is 3.95. The Morgan fingerprint density at radius 3 is 2.43 bits per heavy atom. The molecule has 1 heterocycles. The van der Waals surface area contributed by atoms with E-state index in [0.717, 1.165) is 9.99 Å². The van der Waals surface area contributed by atoms with E-state index in [4.69, 9.17) is 0 Å². The topological polar surface area (TPSA) is 97.2 Å². The third-order valence-electron chi connectivity index (χ3n) is 3.77. The van der Waals surface area contributed by atoms with Crippen LogP contribution in [0.2, 0.25) is 0 Å². The van der Waals surface area contributed by atoms with Crippen molar-refractivity contribution in [1.82, 2.24) is 19.1 Å². The Hall–Kier alpha value is -2.69. The Labute approximate surface area is 167 Å². The first-order valence-corrected chi connectivity index (χ1v) is 10.7. The molecular formula is C18H19N5O3S2. The van der Waals surface area contributed by atoms with E-state index in [1.807, 2.05) is 30.3 Å². The van der Waals surface area contributed by atoms with E-state index in [2.05, 4.69) is 15.4 Å². The van der Waals surface area contributed by atoms with Crippen LogP contribution in [-0.4, -0.2) is 53.2 Å². The number of anilines is 1. The number of benzene rings is 2. The van der Waals surface area contributed by atoms with E-state index in [1.165, 1.54) is 44.3 Å². The van der Waals surface area contributed by atoms with Gasteiger partial charge in [-0.3, -0.25) is 4.79 Å². The zero-order valence-corrected chi connectivity index (χ0v) is 16.9. The van der Waals surface area contributed by atoms with Crippen LogP contribution in [-0.2, 0) is 14.8 Å². The van der Waals surface area contributed by atoms with Crippen molar-refractivity contribution in [2.75, 3.05) is 25.2 Å². The highest BCUT2D eigenvalue weighted by Crippen LogP contribution is 2.20. The van der Waals surface area contributed by atoms with Gasteiger partial charge in [-0.2, -0.15) is 5.10 Å². The van der Waals surface area contributed by atoms with Crippen LogP contribution in [0.25, 0.3) is 5.69 Å². The van der Waals surface area contributed by atoms with Gasteiger partial charge in [0.2, 0.25) is 15.9 Å². The van der Waals surface area contributed by atoms with E-state index in [9.17, 15) is 13.2 Å². The predicted molar refractivity (Wildman–Crippen MR) is 108 cm³/mol. The van der Waals surface area contributed by atoms with E-state index < -0.39 is 10.0 Å². The van der Waals surface area contributed by atoms with Gasteiger partial charge < -0.3 is 5.32 Å². The van der Waals surface area contributed by atoms with Crippen LogP contribution < -0.4 is 5.32 Å². The molecule has 0 atom stereocenters. The molecule has 0 spiro atoms. The van der Waals surface area contributed by atoms with Crippen LogP contribution in [0.15, 0.2) is 71.0 Å². The van der Waals surface area contributed by atoms with Crippen molar-refractivity contribution in [3.05, 3.63) is 60.9 Å². The summed E-state index contributed by atoms with van der Waals surface area (Å²) >= 11 is 1.26. The average molecular weight is 418 g/mol. The molecule has 3 aromatic rings. The van der Waals surface area contributed by atoms with Gasteiger partial charge in [0.1, 0.15) is 6.33 Å². The van der Waals surface area contributed by atoms with Crippen LogP contribution in [0, 0.1) is 0 Å². The molecule has 28 heavy (non-hydrogen) atoms. The van der Waals surface area contributed by atoms with Crippen molar-refractivity contribution < 1.29 is 13.2 Å². The molecule has 1 N–H and O–H groups in total. The zero-order chi connectivity index (χ0) is 20.1. The lowest BCUT2D eigenvalue weighted by Gasteiger charge is -2.12. The minimum absolute atomic E-state index is 0.142. The number of nitrogens with one attached hydrogen (secondary N) is 1. The number of amides is 1. The fraction of sp³-hybridized carbons (Fsp3) is 0.167. The molecule has 0 fully saturated rings. The van der Waals surface area contributed by atoms with Gasteiger partial charge in [-0.25, -0.2) is 22.4 Å². The minimum Gasteiger partial charge on any atom is -0.325 e. The van der Waals surface area contributed by atoms with Crippen LogP contribution in [0.1, 0.15) is 0 Å². The van der Waals surface area contributed by atoms with Gasteiger partial charge in [0.25, 0.3) is 0 Å². The van der Waals surface area contributed by atoms with Crippen LogP contribution in [0.3, 0.4) is 0 Å². The molecule has 0 aliphatic heterocycles. The summed E-state index contributed by atoms with van der Waals surface area (Å²) < 4.78 is 26.9. The summed E-state index contributed by atoms with van der Waals surface area (Å²) in [4.78, 5) is 16.6. The summed E-state index contributed by atoms with van der Waals surface area (Å²) in [5.74, 6) is -0.0839. The van der Waals surface area contributed by atoms with E-state index in [0.29, 0.717) is 10.8 Å². The highest BCUT2D eigenvalue weighted by Gasteiger charge is 2.17. The van der Waals surface area contributed by atoms with E-state index in [-0.39, 0.29) is 16.6 Å². The van der Waals surface area contributed by atoms with Crippen molar-refractivity contribution in [2.24, 2.45) is 0 Å². The number of aromatic nitrogens is 3. The van der Waals surface area contributed by atoms with Crippen molar-refractivity contribution in [2.45, 2.75) is 10.1 Å². The fourth-order valence-electron chi connectivity index (χ4n) is 2.32. The molecule has 0 bridgehead atoms. The van der Waals surface area contributed by atoms with Crippen molar-refractivity contribution >= 4 is 33.4 Å². The maximum absolute atomic E-state index is 12.2. The number of carbonyl (C=O) groups excluding carboxylic acids is 1. The summed E-state index contributed by atoms with van der Waals surface area (Å²) in [6.07, 6.45) is 1.44. The second-order valence-corrected chi connectivity index (χ2v) is 9.03. The van der Waals surface area contributed by atoms with Gasteiger partial charge in [-0.15, -0.1) is 0 Å². The molecule has 2 aromatic carbocycles. The lowest BCUT2D eigenvalue weighted by atomic mass is 10.3. The molecule has 1 aromatic heterocycles. The maximum atomic E-state index is 12.2. The molecule has 0 unspecified atom stereocenters. The normalized spacial score (nSPS) is 11.5. The van der Waals surface area contributed by atoms with Gasteiger partial charge in [-0.05, 0) is 36.4 Å². The van der Waals surface area contributed by atoms with Crippen LogP contribution >= 0.6 is 11.8 Å². The molecule has 146 valence electrons. The summed E-state index contributed by atoms with van der Waals surface area (Å²) in [5.41, 5.74) is 1.38. The third kappa shape index (κ3) is 4.58. The molecular weight excluding hydrogens is 398 g/mol. The van der Waals surface area contributed by atoms with E-state index >= 15 is 0 Å². The summed E-state index contributed by atoms with van der Waals surface area (Å²) in [7, 11) is -0.557. The maximum Gasteiger partial charge on any atom is 0.242 e. The molecule has 8 nitrogen and oxygen atoms in total. The molecule has 3 rings (SSSR count). The summed E-state index contributed by atoms with van der Waals surface area (Å²) in [5, 5.41) is 7.54. The monoisotopic (exact) mass is 417 g/mol. The number of nitrogens with zero attached hydrogens (tertiary/aromatic N) is 4. The average Bonchev–Trinajstić information content (AvgIpc) is 3.16. The van der Waals surface area contributed by atoms with E-state index in [1.54, 1.807) is 16.8 Å². The van der Waals surface area contributed by atoms with Crippen LogP contribution in [0.5, 0.6) is 0 Å². The Balaban J connectivity index is 1.61. The lowest BCUT2D eigenvalue weighted by molar-refractivity contribution is -0.113. The van der Waals surface area contributed by atoms with Crippen molar-refractivity contribution in [3.8, 4) is 5.69 Å². The third-order valence-corrected chi connectivity index (χ3v) is 6.54. The van der Waals surface area contributed by atoms with Gasteiger partial charge in [0, 0.05) is 19.8 Å². The highest BCUT2D eigenvalue weighted by atomic mass is 32.2. The molecule has 1 amide bonds. The molecule has 0 aliphatic rings. The number of carbonyl (C=O) groups is 1. The quantitative estimate of drug-likeness (QED) is 0.592. The number of sulfonamides is 1. The Bertz CT molecular complexity index is 1050.